The molecule has 3 rings (SSSR count). The number of hydrogen-bond acceptors (Lipinski definition) is 5. The average Bonchev–Trinajstić information content (AvgIpc) is 2.88. The van der Waals surface area contributed by atoms with E-state index in [1.165, 1.54) is 5.56 Å². The fourth-order valence-electron chi connectivity index (χ4n) is 3.88. The smallest absolute Gasteiger partial charge is 0.222 e. The number of benzene rings is 1. The first-order chi connectivity index (χ1) is 13.5. The van der Waals surface area contributed by atoms with Crippen LogP contribution in [0.2, 0.25) is 0 Å². The number of halogens is 1. The van der Waals surface area contributed by atoms with Gasteiger partial charge in [-0.3, -0.25) is 9.80 Å². The van der Waals surface area contributed by atoms with Gasteiger partial charge in [-0.1, -0.05) is 26.0 Å². The lowest BCUT2D eigenvalue weighted by Gasteiger charge is -2.34. The zero-order valence-corrected chi connectivity index (χ0v) is 17.2. The highest BCUT2D eigenvalue weighted by Gasteiger charge is 2.27. The highest BCUT2D eigenvalue weighted by molar-refractivity contribution is 5.24. The predicted molar refractivity (Wildman–Crippen MR) is 112 cm³/mol. The van der Waals surface area contributed by atoms with Gasteiger partial charge in [0.1, 0.15) is 5.82 Å². The van der Waals surface area contributed by atoms with Crippen LogP contribution in [-0.2, 0) is 13.1 Å². The highest BCUT2D eigenvalue weighted by atomic mass is 19.1. The lowest BCUT2D eigenvalue weighted by atomic mass is 10.0. The van der Waals surface area contributed by atoms with Gasteiger partial charge in [0, 0.05) is 56.7 Å². The summed E-state index contributed by atoms with van der Waals surface area (Å²) >= 11 is 0. The van der Waals surface area contributed by atoms with E-state index in [1.807, 2.05) is 31.5 Å². The van der Waals surface area contributed by atoms with Crippen LogP contribution in [0.4, 0.5) is 10.3 Å². The van der Waals surface area contributed by atoms with Crippen LogP contribution in [0, 0.1) is 11.7 Å². The number of hydrogen-bond donors (Lipinski definition) is 1. The Labute approximate surface area is 168 Å². The number of aromatic nitrogens is 2. The van der Waals surface area contributed by atoms with Crippen molar-refractivity contribution in [1.82, 2.24) is 19.8 Å². The van der Waals surface area contributed by atoms with Crippen molar-refractivity contribution in [3.05, 3.63) is 53.6 Å². The molecule has 1 aromatic heterocycles. The second kappa shape index (κ2) is 9.94. The maximum absolute atomic E-state index is 13.2. The summed E-state index contributed by atoms with van der Waals surface area (Å²) in [6, 6.07) is 7.38. The third-order valence-electron chi connectivity index (χ3n) is 5.35. The van der Waals surface area contributed by atoms with E-state index in [4.69, 9.17) is 0 Å². The normalized spacial score (nSPS) is 19.0. The second-order valence-electron chi connectivity index (χ2n) is 7.94. The van der Waals surface area contributed by atoms with Gasteiger partial charge in [-0.15, -0.1) is 0 Å². The number of nitrogens with zero attached hydrogens (tertiary/aromatic N) is 4. The van der Waals surface area contributed by atoms with E-state index in [0.29, 0.717) is 17.9 Å². The van der Waals surface area contributed by atoms with E-state index in [1.54, 1.807) is 12.1 Å². The molecule has 1 N–H and O–H groups in total. The number of nitrogens with one attached hydrogen (secondary N) is 1. The van der Waals surface area contributed by atoms with Crippen LogP contribution in [0.1, 0.15) is 38.3 Å². The predicted octanol–water partition coefficient (Wildman–Crippen LogP) is 3.78. The Bertz CT molecular complexity index is 717. The zero-order chi connectivity index (χ0) is 19.9. The molecule has 2 heterocycles. The molecule has 0 amide bonds. The first-order valence-electron chi connectivity index (χ1n) is 10.3. The maximum atomic E-state index is 13.2. The van der Waals surface area contributed by atoms with E-state index in [-0.39, 0.29) is 5.82 Å². The lowest BCUT2D eigenvalue weighted by Crippen LogP contribution is -2.43. The van der Waals surface area contributed by atoms with Gasteiger partial charge in [-0.05, 0) is 43.5 Å². The van der Waals surface area contributed by atoms with Crippen molar-refractivity contribution in [2.75, 3.05) is 31.5 Å². The summed E-state index contributed by atoms with van der Waals surface area (Å²) in [5.74, 6) is 1.06. The van der Waals surface area contributed by atoms with Crippen LogP contribution in [0.25, 0.3) is 0 Å². The molecule has 1 aliphatic rings. The SMILES string of the molecule is CCNc1ncc(CN2CCCN(Cc3ccc(F)cc3)C(C(C)C)C2)cn1. The van der Waals surface area contributed by atoms with Crippen molar-refractivity contribution >= 4 is 5.95 Å². The third-order valence-corrected chi connectivity index (χ3v) is 5.35. The van der Waals surface area contributed by atoms with E-state index in [9.17, 15) is 4.39 Å². The summed E-state index contributed by atoms with van der Waals surface area (Å²) < 4.78 is 13.2. The summed E-state index contributed by atoms with van der Waals surface area (Å²) in [6.45, 7) is 12.3. The Balaban J connectivity index is 1.65. The quantitative estimate of drug-likeness (QED) is 0.786. The van der Waals surface area contributed by atoms with Gasteiger partial charge in [0.05, 0.1) is 0 Å². The molecule has 28 heavy (non-hydrogen) atoms. The van der Waals surface area contributed by atoms with Crippen molar-refractivity contribution in [1.29, 1.82) is 0 Å². The molecule has 1 saturated heterocycles. The Morgan fingerprint density at radius 2 is 1.79 bits per heavy atom. The van der Waals surface area contributed by atoms with Gasteiger partial charge in [0.25, 0.3) is 0 Å². The van der Waals surface area contributed by atoms with Gasteiger partial charge < -0.3 is 5.32 Å². The van der Waals surface area contributed by atoms with Gasteiger partial charge in [-0.2, -0.15) is 0 Å². The molecule has 1 fully saturated rings. The lowest BCUT2D eigenvalue weighted by molar-refractivity contribution is 0.130. The first-order valence-corrected chi connectivity index (χ1v) is 10.3. The molecule has 0 bridgehead atoms. The minimum absolute atomic E-state index is 0.173. The molecule has 1 aliphatic heterocycles. The summed E-state index contributed by atoms with van der Waals surface area (Å²) in [6.07, 6.45) is 4.98. The molecule has 0 spiro atoms. The second-order valence-corrected chi connectivity index (χ2v) is 7.94. The Morgan fingerprint density at radius 3 is 2.43 bits per heavy atom. The molecule has 0 radical (unpaired) electrons. The molecule has 6 heteroatoms. The highest BCUT2D eigenvalue weighted by Crippen LogP contribution is 2.21. The molecular weight excluding hydrogens is 353 g/mol. The van der Waals surface area contributed by atoms with Crippen LogP contribution < -0.4 is 5.32 Å². The van der Waals surface area contributed by atoms with Crippen molar-refractivity contribution in [3.8, 4) is 0 Å². The number of rotatable bonds is 7. The van der Waals surface area contributed by atoms with Crippen molar-refractivity contribution in [2.24, 2.45) is 5.92 Å². The van der Waals surface area contributed by atoms with Crippen LogP contribution >= 0.6 is 0 Å². The zero-order valence-electron chi connectivity index (χ0n) is 17.2. The van der Waals surface area contributed by atoms with E-state index < -0.39 is 0 Å². The molecule has 1 unspecified atom stereocenters. The van der Waals surface area contributed by atoms with Gasteiger partial charge in [0.2, 0.25) is 5.95 Å². The Kier molecular flexibility index (Phi) is 7.34. The summed E-state index contributed by atoms with van der Waals surface area (Å²) in [4.78, 5) is 13.9. The number of anilines is 1. The molecule has 2 aromatic rings. The Hall–Kier alpha value is -2.05. The molecule has 0 saturated carbocycles. The topological polar surface area (TPSA) is 44.3 Å². The Morgan fingerprint density at radius 1 is 1.07 bits per heavy atom. The van der Waals surface area contributed by atoms with E-state index in [2.05, 4.69) is 38.9 Å². The molecular formula is C22H32FN5. The van der Waals surface area contributed by atoms with Crippen molar-refractivity contribution in [3.63, 3.8) is 0 Å². The fourth-order valence-corrected chi connectivity index (χ4v) is 3.88. The summed E-state index contributed by atoms with van der Waals surface area (Å²) in [5.41, 5.74) is 2.32. The minimum Gasteiger partial charge on any atom is -0.355 e. The average molecular weight is 386 g/mol. The fraction of sp³-hybridized carbons (Fsp3) is 0.545. The molecule has 152 valence electrons. The molecule has 5 nitrogen and oxygen atoms in total. The summed E-state index contributed by atoms with van der Waals surface area (Å²) in [7, 11) is 0. The third kappa shape index (κ3) is 5.72. The minimum atomic E-state index is -0.173. The van der Waals surface area contributed by atoms with Gasteiger partial charge in [-0.25, -0.2) is 14.4 Å². The largest absolute Gasteiger partial charge is 0.355 e. The maximum Gasteiger partial charge on any atom is 0.222 e. The van der Waals surface area contributed by atoms with Gasteiger partial charge in [0.15, 0.2) is 0 Å². The van der Waals surface area contributed by atoms with E-state index in [0.717, 1.165) is 51.3 Å². The van der Waals surface area contributed by atoms with Crippen molar-refractivity contribution < 1.29 is 4.39 Å². The van der Waals surface area contributed by atoms with Crippen LogP contribution in [0.3, 0.4) is 0 Å². The van der Waals surface area contributed by atoms with Crippen LogP contribution in [0.15, 0.2) is 36.7 Å². The molecule has 1 aromatic carbocycles. The first kappa shape index (κ1) is 20.7. The van der Waals surface area contributed by atoms with Gasteiger partial charge >= 0.3 is 0 Å². The van der Waals surface area contributed by atoms with Crippen LogP contribution in [-0.4, -0.2) is 52.0 Å². The summed E-state index contributed by atoms with van der Waals surface area (Å²) in [5, 5.41) is 3.14. The van der Waals surface area contributed by atoms with E-state index >= 15 is 0 Å². The molecule has 1 atom stereocenters. The monoisotopic (exact) mass is 385 g/mol. The van der Waals surface area contributed by atoms with Crippen molar-refractivity contribution in [2.45, 2.75) is 46.3 Å². The molecule has 0 aliphatic carbocycles. The standard InChI is InChI=1S/C22H32FN5/c1-4-24-22-25-12-19(13-26-22)14-27-10-5-11-28(21(16-27)17(2)3)15-18-6-8-20(23)9-7-18/h6-9,12-13,17,21H,4-5,10-11,14-16H2,1-3H3,(H,24,25,26). The van der Waals surface area contributed by atoms with Crippen LogP contribution in [0.5, 0.6) is 0 Å².